The van der Waals surface area contributed by atoms with Crippen LogP contribution in [0, 0.1) is 0 Å². The molecule has 0 aromatic heterocycles. The van der Waals surface area contributed by atoms with Crippen LogP contribution in [-0.2, 0) is 14.3 Å². The number of hydrogen-bond donors (Lipinski definition) is 2. The number of ether oxygens (including phenoxy) is 2. The van der Waals surface area contributed by atoms with Gasteiger partial charge in [-0.3, -0.25) is 4.79 Å². The molecule has 0 bridgehead atoms. The van der Waals surface area contributed by atoms with Crippen LogP contribution in [0.25, 0.3) is 0 Å². The summed E-state index contributed by atoms with van der Waals surface area (Å²) in [7, 11) is 0. The van der Waals surface area contributed by atoms with Crippen molar-refractivity contribution in [1.29, 1.82) is 0 Å². The summed E-state index contributed by atoms with van der Waals surface area (Å²) in [6, 6.07) is 0.240. The van der Waals surface area contributed by atoms with Crippen molar-refractivity contribution in [2.45, 2.75) is 25.0 Å². The summed E-state index contributed by atoms with van der Waals surface area (Å²) in [6.45, 7) is 3.63. The molecule has 86 valence electrons. The molecule has 5 heteroatoms. The summed E-state index contributed by atoms with van der Waals surface area (Å²) in [5, 5.41) is 6.17. The van der Waals surface area contributed by atoms with E-state index in [1.807, 2.05) is 0 Å². The van der Waals surface area contributed by atoms with Gasteiger partial charge in [-0.05, 0) is 12.8 Å². The van der Waals surface area contributed by atoms with Crippen LogP contribution in [0.4, 0.5) is 0 Å². The first-order valence-electron chi connectivity index (χ1n) is 5.57. The third-order valence-corrected chi connectivity index (χ3v) is 2.74. The highest BCUT2D eigenvalue weighted by Crippen LogP contribution is 2.11. The van der Waals surface area contributed by atoms with Crippen LogP contribution < -0.4 is 10.6 Å². The standard InChI is InChI=1S/C10H18N2O3/c13-10(9-2-1-4-15-9)12-6-8-7-14-5-3-11-8/h8-9,11H,1-7H2,(H,12,13)/t8?,9-/m0/s1. The van der Waals surface area contributed by atoms with Gasteiger partial charge in [0.15, 0.2) is 0 Å². The number of nitrogens with one attached hydrogen (secondary N) is 2. The molecule has 2 aliphatic rings. The third kappa shape index (κ3) is 3.15. The van der Waals surface area contributed by atoms with E-state index in [9.17, 15) is 4.79 Å². The minimum absolute atomic E-state index is 0.0138. The lowest BCUT2D eigenvalue weighted by Gasteiger charge is -2.24. The minimum Gasteiger partial charge on any atom is -0.378 e. The molecule has 0 saturated carbocycles. The molecule has 0 aliphatic carbocycles. The summed E-state index contributed by atoms with van der Waals surface area (Å²) in [5.41, 5.74) is 0. The molecule has 0 spiro atoms. The molecular weight excluding hydrogens is 196 g/mol. The average Bonchev–Trinajstić information content (AvgIpc) is 2.81. The number of amides is 1. The van der Waals surface area contributed by atoms with Gasteiger partial charge >= 0.3 is 0 Å². The van der Waals surface area contributed by atoms with Crippen LogP contribution in [0.3, 0.4) is 0 Å². The number of morpholine rings is 1. The Balaban J connectivity index is 1.65. The topological polar surface area (TPSA) is 59.6 Å². The van der Waals surface area contributed by atoms with E-state index in [2.05, 4.69) is 10.6 Å². The van der Waals surface area contributed by atoms with Gasteiger partial charge in [0, 0.05) is 25.7 Å². The molecule has 15 heavy (non-hydrogen) atoms. The lowest BCUT2D eigenvalue weighted by molar-refractivity contribution is -0.130. The molecule has 2 heterocycles. The van der Waals surface area contributed by atoms with Gasteiger partial charge in [0.2, 0.25) is 5.91 Å². The normalized spacial score (nSPS) is 31.5. The van der Waals surface area contributed by atoms with Crippen molar-refractivity contribution in [3.05, 3.63) is 0 Å². The van der Waals surface area contributed by atoms with Gasteiger partial charge in [0.25, 0.3) is 0 Å². The molecule has 2 aliphatic heterocycles. The Kier molecular flexibility index (Phi) is 3.94. The highest BCUT2D eigenvalue weighted by atomic mass is 16.5. The molecule has 2 saturated heterocycles. The van der Waals surface area contributed by atoms with Gasteiger partial charge in [-0.25, -0.2) is 0 Å². The predicted octanol–water partition coefficient (Wildman–Crippen LogP) is -0.730. The number of carbonyl (C=O) groups is 1. The van der Waals surface area contributed by atoms with Crippen LogP contribution >= 0.6 is 0 Å². The maximum absolute atomic E-state index is 11.6. The highest BCUT2D eigenvalue weighted by molar-refractivity contribution is 5.80. The highest BCUT2D eigenvalue weighted by Gasteiger charge is 2.24. The molecule has 0 aromatic rings. The van der Waals surface area contributed by atoms with Crippen molar-refractivity contribution in [3.8, 4) is 0 Å². The van der Waals surface area contributed by atoms with Crippen LogP contribution in [0.15, 0.2) is 0 Å². The largest absolute Gasteiger partial charge is 0.378 e. The maximum atomic E-state index is 11.6. The van der Waals surface area contributed by atoms with Crippen molar-refractivity contribution in [1.82, 2.24) is 10.6 Å². The molecular formula is C10H18N2O3. The van der Waals surface area contributed by atoms with Crippen LogP contribution in [-0.4, -0.2) is 51.0 Å². The van der Waals surface area contributed by atoms with Crippen LogP contribution in [0.2, 0.25) is 0 Å². The zero-order valence-electron chi connectivity index (χ0n) is 8.83. The van der Waals surface area contributed by atoms with Gasteiger partial charge in [-0.2, -0.15) is 0 Å². The summed E-state index contributed by atoms with van der Waals surface area (Å²) in [5.74, 6) is 0.0138. The Hall–Kier alpha value is -0.650. The molecule has 5 nitrogen and oxygen atoms in total. The Morgan fingerprint density at radius 3 is 3.07 bits per heavy atom. The Morgan fingerprint density at radius 1 is 1.47 bits per heavy atom. The van der Waals surface area contributed by atoms with E-state index in [1.54, 1.807) is 0 Å². The van der Waals surface area contributed by atoms with E-state index in [0.29, 0.717) is 19.8 Å². The van der Waals surface area contributed by atoms with Gasteiger partial charge in [-0.1, -0.05) is 0 Å². The first-order chi connectivity index (χ1) is 7.36. The summed E-state index contributed by atoms with van der Waals surface area (Å²) < 4.78 is 10.6. The van der Waals surface area contributed by atoms with E-state index in [-0.39, 0.29) is 18.1 Å². The SMILES string of the molecule is O=C(NCC1COCCN1)[C@@H]1CCCO1. The van der Waals surface area contributed by atoms with Crippen LogP contribution in [0.5, 0.6) is 0 Å². The smallest absolute Gasteiger partial charge is 0.249 e. The van der Waals surface area contributed by atoms with Crippen molar-refractivity contribution >= 4 is 5.91 Å². The molecule has 1 amide bonds. The third-order valence-electron chi connectivity index (χ3n) is 2.74. The number of carbonyl (C=O) groups excluding carboxylic acids is 1. The van der Waals surface area contributed by atoms with E-state index in [1.165, 1.54) is 0 Å². The fourth-order valence-corrected chi connectivity index (χ4v) is 1.87. The monoisotopic (exact) mass is 214 g/mol. The summed E-state index contributed by atoms with van der Waals surface area (Å²) in [6.07, 6.45) is 1.61. The summed E-state index contributed by atoms with van der Waals surface area (Å²) >= 11 is 0. The lowest BCUT2D eigenvalue weighted by Crippen LogP contribution is -2.49. The molecule has 0 radical (unpaired) electrons. The zero-order valence-corrected chi connectivity index (χ0v) is 8.83. The second-order valence-electron chi connectivity index (χ2n) is 3.97. The fraction of sp³-hybridized carbons (Fsp3) is 0.900. The van der Waals surface area contributed by atoms with Crippen molar-refractivity contribution in [3.63, 3.8) is 0 Å². The zero-order chi connectivity index (χ0) is 10.5. The van der Waals surface area contributed by atoms with Crippen LogP contribution in [0.1, 0.15) is 12.8 Å². The first-order valence-corrected chi connectivity index (χ1v) is 5.57. The number of hydrogen-bond acceptors (Lipinski definition) is 4. The Labute approximate surface area is 89.5 Å². The van der Waals surface area contributed by atoms with Gasteiger partial charge < -0.3 is 20.1 Å². The van der Waals surface area contributed by atoms with E-state index < -0.39 is 0 Å². The molecule has 2 N–H and O–H groups in total. The first kappa shape index (κ1) is 10.9. The quantitative estimate of drug-likeness (QED) is 0.650. The average molecular weight is 214 g/mol. The van der Waals surface area contributed by atoms with Crippen molar-refractivity contribution in [2.75, 3.05) is 32.9 Å². The van der Waals surface area contributed by atoms with Gasteiger partial charge in [0.05, 0.1) is 13.2 Å². The molecule has 1 unspecified atom stereocenters. The molecule has 2 atom stereocenters. The second kappa shape index (κ2) is 5.44. The second-order valence-corrected chi connectivity index (χ2v) is 3.97. The molecule has 2 fully saturated rings. The molecule has 2 rings (SSSR count). The Bertz CT molecular complexity index is 211. The van der Waals surface area contributed by atoms with E-state index in [4.69, 9.17) is 9.47 Å². The lowest BCUT2D eigenvalue weighted by atomic mass is 10.2. The Morgan fingerprint density at radius 2 is 2.40 bits per heavy atom. The van der Waals surface area contributed by atoms with E-state index in [0.717, 1.165) is 26.0 Å². The summed E-state index contributed by atoms with van der Waals surface area (Å²) in [4.78, 5) is 11.6. The van der Waals surface area contributed by atoms with E-state index >= 15 is 0 Å². The maximum Gasteiger partial charge on any atom is 0.249 e. The predicted molar refractivity (Wildman–Crippen MR) is 54.6 cm³/mol. The van der Waals surface area contributed by atoms with Crippen molar-refractivity contribution in [2.24, 2.45) is 0 Å². The molecule has 0 aromatic carbocycles. The van der Waals surface area contributed by atoms with Gasteiger partial charge in [0.1, 0.15) is 6.10 Å². The fourth-order valence-electron chi connectivity index (χ4n) is 1.87. The minimum atomic E-state index is -0.227. The van der Waals surface area contributed by atoms with Gasteiger partial charge in [-0.15, -0.1) is 0 Å². The van der Waals surface area contributed by atoms with Crippen molar-refractivity contribution < 1.29 is 14.3 Å². The number of rotatable bonds is 3.